The maximum Gasteiger partial charge on any atom is 0.255 e. The standard InChI is InChI=1S/C14H13BrN2O3S/c1-9-6-10(8-13(7-9)21(16,19)20)14(18)17-12-4-2-11(15)3-5-12/h2-8H,1H3,(H,17,18)(H2,16,19,20). The minimum Gasteiger partial charge on any atom is -0.322 e. The van der Waals surface area contributed by atoms with E-state index in [1.807, 2.05) is 0 Å². The number of carbonyl (C=O) groups is 1. The third-order valence-corrected chi connectivity index (χ3v) is 4.17. The van der Waals surface area contributed by atoms with Crippen LogP contribution in [-0.2, 0) is 10.0 Å². The van der Waals surface area contributed by atoms with Crippen molar-refractivity contribution in [2.75, 3.05) is 5.32 Å². The van der Waals surface area contributed by atoms with Crippen molar-refractivity contribution < 1.29 is 13.2 Å². The van der Waals surface area contributed by atoms with E-state index in [4.69, 9.17) is 5.14 Å². The number of halogens is 1. The first kappa shape index (κ1) is 15.7. The molecule has 2 aromatic carbocycles. The van der Waals surface area contributed by atoms with E-state index in [1.54, 1.807) is 37.3 Å². The second-order valence-corrected chi connectivity index (χ2v) is 7.02. The number of carbonyl (C=O) groups excluding carboxylic acids is 1. The van der Waals surface area contributed by atoms with Gasteiger partial charge in [-0.3, -0.25) is 4.79 Å². The van der Waals surface area contributed by atoms with E-state index in [9.17, 15) is 13.2 Å². The summed E-state index contributed by atoms with van der Waals surface area (Å²) in [5, 5.41) is 7.80. The van der Waals surface area contributed by atoms with Gasteiger partial charge in [0, 0.05) is 15.7 Å². The van der Waals surface area contributed by atoms with Crippen molar-refractivity contribution in [3.05, 3.63) is 58.1 Å². The number of aryl methyl sites for hydroxylation is 1. The van der Waals surface area contributed by atoms with Crippen LogP contribution < -0.4 is 10.5 Å². The Morgan fingerprint density at radius 2 is 1.76 bits per heavy atom. The number of hydrogen-bond donors (Lipinski definition) is 2. The molecule has 3 N–H and O–H groups in total. The van der Waals surface area contributed by atoms with Crippen LogP contribution in [0.5, 0.6) is 0 Å². The molecule has 0 fully saturated rings. The van der Waals surface area contributed by atoms with Gasteiger partial charge in [0.15, 0.2) is 0 Å². The number of nitrogens with two attached hydrogens (primary N) is 1. The van der Waals surface area contributed by atoms with Gasteiger partial charge < -0.3 is 5.32 Å². The molecule has 0 aliphatic rings. The predicted octanol–water partition coefficient (Wildman–Crippen LogP) is 2.66. The van der Waals surface area contributed by atoms with Crippen molar-refractivity contribution in [2.45, 2.75) is 11.8 Å². The predicted molar refractivity (Wildman–Crippen MR) is 84.6 cm³/mol. The van der Waals surface area contributed by atoms with Gasteiger partial charge in [0.2, 0.25) is 10.0 Å². The molecule has 21 heavy (non-hydrogen) atoms. The average Bonchev–Trinajstić information content (AvgIpc) is 2.39. The molecular weight excluding hydrogens is 356 g/mol. The van der Waals surface area contributed by atoms with Gasteiger partial charge in [0.1, 0.15) is 0 Å². The van der Waals surface area contributed by atoms with Gasteiger partial charge in [0.05, 0.1) is 4.90 Å². The first-order chi connectivity index (χ1) is 9.75. The normalized spacial score (nSPS) is 11.2. The summed E-state index contributed by atoms with van der Waals surface area (Å²) in [7, 11) is -3.85. The summed E-state index contributed by atoms with van der Waals surface area (Å²) in [4.78, 5) is 12.1. The lowest BCUT2D eigenvalue weighted by Crippen LogP contribution is -2.16. The molecule has 2 aromatic rings. The maximum atomic E-state index is 12.2. The van der Waals surface area contributed by atoms with Crippen LogP contribution in [0.1, 0.15) is 15.9 Å². The molecule has 7 heteroatoms. The summed E-state index contributed by atoms with van der Waals surface area (Å²) in [6.07, 6.45) is 0. The molecule has 0 saturated carbocycles. The zero-order valence-electron chi connectivity index (χ0n) is 11.1. The van der Waals surface area contributed by atoms with Crippen LogP contribution in [-0.4, -0.2) is 14.3 Å². The third kappa shape index (κ3) is 4.13. The molecule has 0 aliphatic carbocycles. The fraction of sp³-hybridized carbons (Fsp3) is 0.0714. The number of benzene rings is 2. The molecule has 0 aliphatic heterocycles. The van der Waals surface area contributed by atoms with E-state index in [0.717, 1.165) is 4.47 Å². The second-order valence-electron chi connectivity index (χ2n) is 4.54. The lowest BCUT2D eigenvalue weighted by molar-refractivity contribution is 0.102. The van der Waals surface area contributed by atoms with E-state index < -0.39 is 15.9 Å². The summed E-state index contributed by atoms with van der Waals surface area (Å²) < 4.78 is 23.7. The number of anilines is 1. The second kappa shape index (κ2) is 5.97. The molecule has 0 radical (unpaired) electrons. The highest BCUT2D eigenvalue weighted by Crippen LogP contribution is 2.17. The molecule has 5 nitrogen and oxygen atoms in total. The summed E-state index contributed by atoms with van der Waals surface area (Å²) >= 11 is 3.30. The quantitative estimate of drug-likeness (QED) is 0.872. The molecule has 0 bridgehead atoms. The van der Waals surface area contributed by atoms with Crippen LogP contribution in [0.3, 0.4) is 0 Å². The highest BCUT2D eigenvalue weighted by atomic mass is 79.9. The Balaban J connectivity index is 2.31. The Bertz CT molecular complexity index is 786. The van der Waals surface area contributed by atoms with Gasteiger partial charge in [-0.2, -0.15) is 0 Å². The molecule has 0 atom stereocenters. The fourth-order valence-corrected chi connectivity index (χ4v) is 2.69. The van der Waals surface area contributed by atoms with Crippen LogP contribution in [0.15, 0.2) is 51.8 Å². The van der Waals surface area contributed by atoms with E-state index in [0.29, 0.717) is 11.3 Å². The number of nitrogens with one attached hydrogen (secondary N) is 1. The third-order valence-electron chi connectivity index (χ3n) is 2.74. The topological polar surface area (TPSA) is 89.3 Å². The van der Waals surface area contributed by atoms with Gasteiger partial charge in [-0.25, -0.2) is 13.6 Å². The van der Waals surface area contributed by atoms with E-state index in [1.165, 1.54) is 12.1 Å². The van der Waals surface area contributed by atoms with Gasteiger partial charge in [-0.05, 0) is 55.0 Å². The summed E-state index contributed by atoms with van der Waals surface area (Å²) in [5.74, 6) is -0.397. The van der Waals surface area contributed by atoms with Crippen molar-refractivity contribution in [2.24, 2.45) is 5.14 Å². The van der Waals surface area contributed by atoms with Crippen LogP contribution in [0.4, 0.5) is 5.69 Å². The van der Waals surface area contributed by atoms with Crippen LogP contribution in [0.25, 0.3) is 0 Å². The fourth-order valence-electron chi connectivity index (χ4n) is 1.78. The average molecular weight is 369 g/mol. The van der Waals surface area contributed by atoms with Crippen molar-refractivity contribution in [3.8, 4) is 0 Å². The van der Waals surface area contributed by atoms with Crippen molar-refractivity contribution in [1.82, 2.24) is 0 Å². The van der Waals surface area contributed by atoms with E-state index in [-0.39, 0.29) is 10.5 Å². The first-order valence-electron chi connectivity index (χ1n) is 5.97. The van der Waals surface area contributed by atoms with E-state index >= 15 is 0 Å². The summed E-state index contributed by atoms with van der Waals surface area (Å²) in [5.41, 5.74) is 1.49. The molecule has 0 aromatic heterocycles. The van der Waals surface area contributed by atoms with Crippen molar-refractivity contribution in [3.63, 3.8) is 0 Å². The molecule has 0 spiro atoms. The minimum absolute atomic E-state index is 0.0801. The molecule has 0 saturated heterocycles. The smallest absolute Gasteiger partial charge is 0.255 e. The zero-order valence-corrected chi connectivity index (χ0v) is 13.5. The lowest BCUT2D eigenvalue weighted by Gasteiger charge is -2.08. The van der Waals surface area contributed by atoms with Crippen LogP contribution in [0.2, 0.25) is 0 Å². The van der Waals surface area contributed by atoms with Gasteiger partial charge >= 0.3 is 0 Å². The Kier molecular flexibility index (Phi) is 4.46. The minimum atomic E-state index is -3.85. The number of primary sulfonamides is 1. The van der Waals surface area contributed by atoms with E-state index in [2.05, 4.69) is 21.2 Å². The Hall–Kier alpha value is -1.70. The van der Waals surface area contributed by atoms with Crippen molar-refractivity contribution >= 4 is 37.5 Å². The number of rotatable bonds is 3. The van der Waals surface area contributed by atoms with Crippen molar-refractivity contribution in [1.29, 1.82) is 0 Å². The lowest BCUT2D eigenvalue weighted by atomic mass is 10.1. The molecular formula is C14H13BrN2O3S. The van der Waals surface area contributed by atoms with Gasteiger partial charge in [0.25, 0.3) is 5.91 Å². The molecule has 110 valence electrons. The Labute approximate surface area is 131 Å². The largest absolute Gasteiger partial charge is 0.322 e. The van der Waals surface area contributed by atoms with Crippen LogP contribution in [0, 0.1) is 6.92 Å². The monoisotopic (exact) mass is 368 g/mol. The Morgan fingerprint density at radius 3 is 2.33 bits per heavy atom. The van der Waals surface area contributed by atoms with Crippen LogP contribution >= 0.6 is 15.9 Å². The molecule has 0 heterocycles. The SMILES string of the molecule is Cc1cc(C(=O)Nc2ccc(Br)cc2)cc(S(N)(=O)=O)c1. The van der Waals surface area contributed by atoms with Gasteiger partial charge in [-0.15, -0.1) is 0 Å². The summed E-state index contributed by atoms with van der Waals surface area (Å²) in [6, 6.07) is 11.3. The molecule has 2 rings (SSSR count). The van der Waals surface area contributed by atoms with Gasteiger partial charge in [-0.1, -0.05) is 15.9 Å². The number of hydrogen-bond acceptors (Lipinski definition) is 3. The maximum absolute atomic E-state index is 12.2. The number of sulfonamides is 1. The molecule has 1 amide bonds. The summed E-state index contributed by atoms with van der Waals surface area (Å²) in [6.45, 7) is 1.70. The highest BCUT2D eigenvalue weighted by molar-refractivity contribution is 9.10. The molecule has 0 unspecified atom stereocenters. The first-order valence-corrected chi connectivity index (χ1v) is 8.31. The number of amides is 1. The zero-order chi connectivity index (χ0) is 15.6. The highest BCUT2D eigenvalue weighted by Gasteiger charge is 2.13. The Morgan fingerprint density at radius 1 is 1.14 bits per heavy atom.